The Balaban J connectivity index is 1.45. The average Bonchev–Trinajstić information content (AvgIpc) is 3.48. The first-order chi connectivity index (χ1) is 17.4. The van der Waals surface area contributed by atoms with Crippen LogP contribution in [0.5, 0.6) is 5.75 Å². The molecule has 0 saturated heterocycles. The van der Waals surface area contributed by atoms with Gasteiger partial charge in [-0.2, -0.15) is 5.10 Å². The maximum absolute atomic E-state index is 12.5. The summed E-state index contributed by atoms with van der Waals surface area (Å²) >= 11 is 1.27. The van der Waals surface area contributed by atoms with Gasteiger partial charge in [0.05, 0.1) is 23.9 Å². The molecule has 1 aliphatic carbocycles. The van der Waals surface area contributed by atoms with E-state index in [9.17, 15) is 19.2 Å². The highest BCUT2D eigenvalue weighted by molar-refractivity contribution is 7.17. The minimum absolute atomic E-state index is 0.252. The molecule has 0 atom stereocenters. The first kappa shape index (κ1) is 24.8. The number of esters is 2. The van der Waals surface area contributed by atoms with E-state index in [0.717, 1.165) is 29.7 Å². The van der Waals surface area contributed by atoms with Gasteiger partial charge in [-0.25, -0.2) is 15.0 Å². The number of hydrazone groups is 1. The fourth-order valence-electron chi connectivity index (χ4n) is 3.80. The van der Waals surface area contributed by atoms with Gasteiger partial charge in [0.25, 0.3) is 0 Å². The molecule has 0 spiro atoms. The van der Waals surface area contributed by atoms with E-state index in [1.807, 2.05) is 0 Å². The van der Waals surface area contributed by atoms with Gasteiger partial charge in [0.1, 0.15) is 10.8 Å². The van der Waals surface area contributed by atoms with Gasteiger partial charge in [0, 0.05) is 10.4 Å². The average molecular weight is 506 g/mol. The number of hydrogen-bond acceptors (Lipinski definition) is 8. The highest BCUT2D eigenvalue weighted by Gasteiger charge is 2.29. The van der Waals surface area contributed by atoms with Crippen LogP contribution in [0.3, 0.4) is 0 Å². The summed E-state index contributed by atoms with van der Waals surface area (Å²) in [4.78, 5) is 50.6. The van der Waals surface area contributed by atoms with Crippen LogP contribution in [0.15, 0.2) is 59.7 Å². The molecule has 0 fully saturated rings. The van der Waals surface area contributed by atoms with Gasteiger partial charge in [0.15, 0.2) is 0 Å². The van der Waals surface area contributed by atoms with Crippen LogP contribution in [0.25, 0.3) is 0 Å². The monoisotopic (exact) mass is 505 g/mol. The molecule has 184 valence electrons. The van der Waals surface area contributed by atoms with E-state index in [0.29, 0.717) is 22.4 Å². The minimum atomic E-state index is -1.02. The Hall–Kier alpha value is -4.31. The molecule has 1 aromatic heterocycles. The molecule has 1 aliphatic rings. The summed E-state index contributed by atoms with van der Waals surface area (Å²) in [5.41, 5.74) is 4.53. The molecule has 2 aromatic carbocycles. The van der Waals surface area contributed by atoms with E-state index in [1.54, 1.807) is 61.5 Å². The summed E-state index contributed by atoms with van der Waals surface area (Å²) in [6, 6.07) is 15.2. The number of fused-ring (bicyclic) bond motifs is 1. The number of nitrogens with one attached hydrogen (secondary N) is 2. The maximum atomic E-state index is 12.5. The van der Waals surface area contributed by atoms with E-state index >= 15 is 0 Å². The lowest BCUT2D eigenvalue weighted by Gasteiger charge is -2.10. The van der Waals surface area contributed by atoms with Gasteiger partial charge in [-0.1, -0.05) is 30.3 Å². The number of carbonyl (C=O) groups is 4. The molecule has 1 heterocycles. The van der Waals surface area contributed by atoms with Crippen LogP contribution in [0.1, 0.15) is 50.1 Å². The number of methoxy groups -OCH3 is 1. The number of thiophene rings is 1. The molecule has 0 radical (unpaired) electrons. The molecule has 2 N–H and O–H groups in total. The summed E-state index contributed by atoms with van der Waals surface area (Å²) in [6.07, 6.45) is 2.45. The zero-order chi connectivity index (χ0) is 25.7. The lowest BCUT2D eigenvalue weighted by molar-refractivity contribution is -0.136. The van der Waals surface area contributed by atoms with Crippen molar-refractivity contribution in [2.24, 2.45) is 5.10 Å². The van der Waals surface area contributed by atoms with Crippen molar-refractivity contribution >= 4 is 45.8 Å². The van der Waals surface area contributed by atoms with Gasteiger partial charge < -0.3 is 14.8 Å². The fraction of sp³-hybridized carbons (Fsp3) is 0.192. The molecule has 9 nitrogen and oxygen atoms in total. The van der Waals surface area contributed by atoms with Gasteiger partial charge in [0.2, 0.25) is 0 Å². The number of aryl methyl sites for hydroxylation is 1. The van der Waals surface area contributed by atoms with Crippen LogP contribution in [-0.2, 0) is 27.2 Å². The van der Waals surface area contributed by atoms with Gasteiger partial charge in [-0.15, -0.1) is 11.3 Å². The second-order valence-corrected chi connectivity index (χ2v) is 9.00. The Kier molecular flexibility index (Phi) is 7.55. The van der Waals surface area contributed by atoms with Gasteiger partial charge >= 0.3 is 23.8 Å². The number of amides is 2. The zero-order valence-corrected chi connectivity index (χ0v) is 20.4. The van der Waals surface area contributed by atoms with Crippen molar-refractivity contribution in [2.45, 2.75) is 26.2 Å². The van der Waals surface area contributed by atoms with E-state index in [1.165, 1.54) is 18.4 Å². The van der Waals surface area contributed by atoms with Crippen molar-refractivity contribution < 1.29 is 28.7 Å². The van der Waals surface area contributed by atoms with Gasteiger partial charge in [-0.05, 0) is 56.0 Å². The lowest BCUT2D eigenvalue weighted by atomic mass is 10.1. The highest BCUT2D eigenvalue weighted by Crippen LogP contribution is 2.39. The predicted molar refractivity (Wildman–Crippen MR) is 135 cm³/mol. The number of nitrogens with zero attached hydrogens (tertiary/aromatic N) is 1. The number of carbonyl (C=O) groups excluding carboxylic acids is 4. The second-order valence-electron chi connectivity index (χ2n) is 7.90. The van der Waals surface area contributed by atoms with Crippen molar-refractivity contribution in [3.63, 3.8) is 0 Å². The van der Waals surface area contributed by atoms with E-state index < -0.39 is 23.8 Å². The fourth-order valence-corrected chi connectivity index (χ4v) is 5.08. The topological polar surface area (TPSA) is 123 Å². The number of anilines is 1. The van der Waals surface area contributed by atoms with E-state index in [-0.39, 0.29) is 10.8 Å². The van der Waals surface area contributed by atoms with Crippen LogP contribution in [0, 0.1) is 0 Å². The number of ether oxygens (including phenoxy) is 2. The molecule has 10 heteroatoms. The summed E-state index contributed by atoms with van der Waals surface area (Å²) in [6.45, 7) is 1.60. The highest BCUT2D eigenvalue weighted by atomic mass is 32.1. The molecular weight excluding hydrogens is 482 g/mol. The predicted octanol–water partition coefficient (Wildman–Crippen LogP) is 3.72. The van der Waals surface area contributed by atoms with Crippen molar-refractivity contribution in [1.82, 2.24) is 5.43 Å². The van der Waals surface area contributed by atoms with E-state index in [2.05, 4.69) is 15.8 Å². The van der Waals surface area contributed by atoms with Crippen molar-refractivity contribution in [3.8, 4) is 5.75 Å². The first-order valence-electron chi connectivity index (χ1n) is 11.1. The lowest BCUT2D eigenvalue weighted by Crippen LogP contribution is -2.33. The maximum Gasteiger partial charge on any atom is 0.343 e. The van der Waals surface area contributed by atoms with Crippen molar-refractivity contribution in [3.05, 3.63) is 81.7 Å². The number of benzene rings is 2. The number of para-hydroxylation sites is 1. The molecule has 2 amide bonds. The smallest absolute Gasteiger partial charge is 0.343 e. The molecule has 0 aliphatic heterocycles. The zero-order valence-electron chi connectivity index (χ0n) is 19.6. The van der Waals surface area contributed by atoms with Crippen LogP contribution in [0.4, 0.5) is 5.00 Å². The molecular formula is C26H23N3O6S. The Bertz CT molecular complexity index is 1360. The van der Waals surface area contributed by atoms with Crippen molar-refractivity contribution in [1.29, 1.82) is 0 Å². The Morgan fingerprint density at radius 2 is 1.64 bits per heavy atom. The third kappa shape index (κ3) is 5.33. The molecule has 0 saturated carbocycles. The molecule has 4 rings (SSSR count). The third-order valence-electron chi connectivity index (χ3n) is 5.56. The van der Waals surface area contributed by atoms with Crippen molar-refractivity contribution in [2.75, 3.05) is 12.4 Å². The summed E-state index contributed by atoms with van der Waals surface area (Å²) in [5.74, 6) is -2.83. The summed E-state index contributed by atoms with van der Waals surface area (Å²) in [5, 5.41) is 6.78. The Labute approximate surface area is 211 Å². The van der Waals surface area contributed by atoms with Crippen LogP contribution < -0.4 is 15.5 Å². The standard InChI is InChI=1S/C26H23N3O6S/c1-15(17-11-6-7-13-19(17)35-25(32)16-9-4-3-5-10-16)28-29-23(31)22(30)27-24-21(26(33)34-2)18-12-8-14-20(18)36-24/h3-7,9-11,13H,8,12,14H2,1-2H3,(H,27,30)(H,29,31)/b28-15+. The third-order valence-corrected chi connectivity index (χ3v) is 6.77. The normalized spacial score (nSPS) is 12.4. The summed E-state index contributed by atoms with van der Waals surface area (Å²) < 4.78 is 10.4. The van der Waals surface area contributed by atoms with Crippen LogP contribution in [0.2, 0.25) is 0 Å². The SMILES string of the molecule is COC(=O)c1c(NC(=O)C(=O)N/N=C(\C)c2ccccc2OC(=O)c2ccccc2)sc2c1CCC2. The minimum Gasteiger partial charge on any atom is -0.465 e. The van der Waals surface area contributed by atoms with E-state index in [4.69, 9.17) is 9.47 Å². The Morgan fingerprint density at radius 3 is 2.39 bits per heavy atom. The Morgan fingerprint density at radius 1 is 0.917 bits per heavy atom. The first-order valence-corrected chi connectivity index (χ1v) is 12.0. The quantitative estimate of drug-likeness (QED) is 0.173. The largest absolute Gasteiger partial charge is 0.465 e. The van der Waals surface area contributed by atoms with Crippen LogP contribution in [-0.4, -0.2) is 36.6 Å². The molecule has 3 aromatic rings. The molecule has 0 bridgehead atoms. The number of hydrogen-bond donors (Lipinski definition) is 2. The molecule has 36 heavy (non-hydrogen) atoms. The second kappa shape index (κ2) is 11.0. The molecule has 0 unspecified atom stereocenters. The van der Waals surface area contributed by atoms with Gasteiger partial charge in [-0.3, -0.25) is 9.59 Å². The number of rotatable bonds is 6. The summed E-state index contributed by atoms with van der Waals surface area (Å²) in [7, 11) is 1.27. The van der Waals surface area contributed by atoms with Crippen LogP contribution >= 0.6 is 11.3 Å².